The summed E-state index contributed by atoms with van der Waals surface area (Å²) in [5, 5.41) is 0.944. The second-order valence-electron chi connectivity index (χ2n) is 5.32. The molecule has 1 aliphatic rings. The lowest BCUT2D eigenvalue weighted by Gasteiger charge is -2.09. The summed E-state index contributed by atoms with van der Waals surface area (Å²) in [5.74, 6) is -0.583. The fourth-order valence-corrected chi connectivity index (χ4v) is 3.75. The zero-order valence-electron chi connectivity index (χ0n) is 12.2. The van der Waals surface area contributed by atoms with Crippen LogP contribution in [-0.2, 0) is 9.53 Å². The summed E-state index contributed by atoms with van der Waals surface area (Å²) >= 11 is 1.42. The normalized spacial score (nSPS) is 16.5. The molecule has 116 valence electrons. The first-order chi connectivity index (χ1) is 11.2. The molecular weight excluding hydrogens is 315 g/mol. The zero-order valence-corrected chi connectivity index (χ0v) is 13.0. The minimum Gasteiger partial charge on any atom is -0.468 e. The molecule has 23 heavy (non-hydrogen) atoms. The first-order valence-corrected chi connectivity index (χ1v) is 7.90. The summed E-state index contributed by atoms with van der Waals surface area (Å²) in [4.78, 5) is 16.0. The minimum absolute atomic E-state index is 0.272. The molecule has 0 spiro atoms. The van der Waals surface area contributed by atoms with Gasteiger partial charge in [0.25, 0.3) is 0 Å². The predicted octanol–water partition coefficient (Wildman–Crippen LogP) is 3.80. The van der Waals surface area contributed by atoms with Gasteiger partial charge in [0.2, 0.25) is 0 Å². The Morgan fingerprint density at radius 1 is 1.26 bits per heavy atom. The first-order valence-electron chi connectivity index (χ1n) is 7.08. The van der Waals surface area contributed by atoms with Gasteiger partial charge in [-0.25, -0.2) is 13.9 Å². The fraction of sp³-hybridized carbons (Fsp3) is 0.118. The molecule has 4 nitrogen and oxygen atoms in total. The molecule has 4 rings (SSSR count). The van der Waals surface area contributed by atoms with Crippen LogP contribution in [0.3, 0.4) is 0 Å². The van der Waals surface area contributed by atoms with Crippen molar-refractivity contribution < 1.29 is 13.9 Å². The average Bonchev–Trinajstić information content (AvgIpc) is 3.16. The first kappa shape index (κ1) is 14.3. The van der Waals surface area contributed by atoms with Gasteiger partial charge in [-0.3, -0.25) is 0 Å². The number of carbonyl (C=O) groups excluding carboxylic acids is 1. The van der Waals surface area contributed by atoms with Crippen LogP contribution >= 0.6 is 11.9 Å². The highest BCUT2D eigenvalue weighted by Gasteiger charge is 2.30. The van der Waals surface area contributed by atoms with Gasteiger partial charge in [0.15, 0.2) is 0 Å². The van der Waals surface area contributed by atoms with E-state index < -0.39 is 6.04 Å². The van der Waals surface area contributed by atoms with Gasteiger partial charge in [-0.1, -0.05) is 6.07 Å². The van der Waals surface area contributed by atoms with Crippen LogP contribution in [0.25, 0.3) is 22.0 Å². The number of hydrogen-bond acceptors (Lipinski definition) is 4. The van der Waals surface area contributed by atoms with Crippen LogP contribution in [0.15, 0.2) is 47.5 Å². The molecule has 1 unspecified atom stereocenters. The van der Waals surface area contributed by atoms with Gasteiger partial charge in [0, 0.05) is 27.6 Å². The van der Waals surface area contributed by atoms with Gasteiger partial charge >= 0.3 is 5.97 Å². The number of benzene rings is 2. The molecule has 0 bridgehead atoms. The Balaban J connectivity index is 1.82. The summed E-state index contributed by atoms with van der Waals surface area (Å²) in [5.41, 5.74) is 3.59. The van der Waals surface area contributed by atoms with E-state index in [2.05, 4.69) is 9.71 Å². The Bertz CT molecular complexity index is 922. The number of halogens is 1. The molecule has 0 aliphatic carbocycles. The quantitative estimate of drug-likeness (QED) is 0.555. The Hall–Kier alpha value is -2.31. The van der Waals surface area contributed by atoms with Crippen molar-refractivity contribution >= 4 is 28.8 Å². The van der Waals surface area contributed by atoms with Crippen molar-refractivity contribution in [1.29, 1.82) is 0 Å². The minimum atomic E-state index is -0.470. The lowest BCUT2D eigenvalue weighted by atomic mass is 9.99. The standard InChI is InChI=1S/C17H13FN2O2S/c1-22-17(21)16-12-6-9(2-5-15(12)23-20-16)13-8-19-14-7-10(18)3-4-11(13)14/h2-8,16,19-20H,1H3. The molecule has 1 aliphatic heterocycles. The van der Waals surface area contributed by atoms with Gasteiger partial charge in [0.05, 0.1) is 7.11 Å². The third-order valence-corrected chi connectivity index (χ3v) is 4.94. The number of esters is 1. The van der Waals surface area contributed by atoms with E-state index >= 15 is 0 Å². The Kier molecular flexibility index (Phi) is 3.36. The summed E-state index contributed by atoms with van der Waals surface area (Å²) in [6, 6.07) is 10.2. The van der Waals surface area contributed by atoms with E-state index in [4.69, 9.17) is 4.74 Å². The van der Waals surface area contributed by atoms with Crippen LogP contribution in [0, 0.1) is 5.82 Å². The van der Waals surface area contributed by atoms with Crippen molar-refractivity contribution in [3.63, 3.8) is 0 Å². The molecule has 0 amide bonds. The van der Waals surface area contributed by atoms with Crippen molar-refractivity contribution in [2.24, 2.45) is 0 Å². The summed E-state index contributed by atoms with van der Waals surface area (Å²) in [6.45, 7) is 0. The molecule has 2 N–H and O–H groups in total. The summed E-state index contributed by atoms with van der Waals surface area (Å²) in [7, 11) is 1.38. The molecular formula is C17H13FN2O2S. The van der Waals surface area contributed by atoms with E-state index in [0.717, 1.165) is 32.5 Å². The highest BCUT2D eigenvalue weighted by Crippen LogP contribution is 2.39. The second kappa shape index (κ2) is 5.40. The number of hydrogen-bond donors (Lipinski definition) is 2. The molecule has 1 atom stereocenters. The Labute approximate surface area is 136 Å². The van der Waals surface area contributed by atoms with E-state index in [1.807, 2.05) is 24.4 Å². The van der Waals surface area contributed by atoms with Crippen molar-refractivity contribution in [2.45, 2.75) is 10.9 Å². The predicted molar refractivity (Wildman–Crippen MR) is 87.4 cm³/mol. The molecule has 0 radical (unpaired) electrons. The number of aromatic amines is 1. The van der Waals surface area contributed by atoms with Crippen LogP contribution in [-0.4, -0.2) is 18.1 Å². The smallest absolute Gasteiger partial charge is 0.328 e. The Morgan fingerprint density at radius 2 is 2.13 bits per heavy atom. The van der Waals surface area contributed by atoms with Crippen molar-refractivity contribution in [3.8, 4) is 11.1 Å². The lowest BCUT2D eigenvalue weighted by Crippen LogP contribution is -2.20. The maximum absolute atomic E-state index is 13.3. The third-order valence-electron chi connectivity index (χ3n) is 4.00. The van der Waals surface area contributed by atoms with Gasteiger partial charge in [-0.15, -0.1) is 0 Å². The maximum Gasteiger partial charge on any atom is 0.328 e. The van der Waals surface area contributed by atoms with E-state index in [0.29, 0.717) is 0 Å². The largest absolute Gasteiger partial charge is 0.468 e. The topological polar surface area (TPSA) is 54.1 Å². The number of carbonyl (C=O) groups is 1. The third kappa shape index (κ3) is 2.31. The lowest BCUT2D eigenvalue weighted by molar-refractivity contribution is -0.142. The van der Waals surface area contributed by atoms with E-state index in [-0.39, 0.29) is 11.8 Å². The second-order valence-corrected chi connectivity index (χ2v) is 6.20. The number of nitrogens with one attached hydrogen (secondary N) is 2. The SMILES string of the molecule is COC(=O)C1NSc2ccc(-c3c[nH]c4cc(F)ccc34)cc21. The zero-order chi connectivity index (χ0) is 16.0. The van der Waals surface area contributed by atoms with Crippen molar-refractivity contribution in [2.75, 3.05) is 7.11 Å². The van der Waals surface area contributed by atoms with E-state index in [1.54, 1.807) is 6.07 Å². The van der Waals surface area contributed by atoms with Crippen LogP contribution in [0.4, 0.5) is 4.39 Å². The van der Waals surface area contributed by atoms with Crippen molar-refractivity contribution in [3.05, 3.63) is 54.0 Å². The summed E-state index contributed by atoms with van der Waals surface area (Å²) < 4.78 is 21.2. The Morgan fingerprint density at radius 3 is 2.96 bits per heavy atom. The van der Waals surface area contributed by atoms with Gasteiger partial charge in [0.1, 0.15) is 11.9 Å². The average molecular weight is 328 g/mol. The van der Waals surface area contributed by atoms with Crippen LogP contribution < -0.4 is 4.72 Å². The molecule has 0 fully saturated rings. The molecule has 2 heterocycles. The number of ether oxygens (including phenoxy) is 1. The number of aromatic nitrogens is 1. The number of rotatable bonds is 2. The van der Waals surface area contributed by atoms with Crippen LogP contribution in [0.2, 0.25) is 0 Å². The highest BCUT2D eigenvalue weighted by molar-refractivity contribution is 7.97. The number of methoxy groups -OCH3 is 1. The highest BCUT2D eigenvalue weighted by atomic mass is 32.2. The van der Waals surface area contributed by atoms with Crippen LogP contribution in [0.5, 0.6) is 0 Å². The summed E-state index contributed by atoms with van der Waals surface area (Å²) in [6.07, 6.45) is 1.86. The fourth-order valence-electron chi connectivity index (χ4n) is 2.85. The molecule has 0 saturated carbocycles. The molecule has 2 aromatic carbocycles. The number of fused-ring (bicyclic) bond motifs is 2. The van der Waals surface area contributed by atoms with E-state index in [1.165, 1.54) is 31.2 Å². The van der Waals surface area contributed by atoms with E-state index in [9.17, 15) is 9.18 Å². The maximum atomic E-state index is 13.3. The van der Waals surface area contributed by atoms with Crippen LogP contribution in [0.1, 0.15) is 11.6 Å². The van der Waals surface area contributed by atoms with Gasteiger partial charge in [-0.2, -0.15) is 0 Å². The van der Waals surface area contributed by atoms with Crippen molar-refractivity contribution in [1.82, 2.24) is 9.71 Å². The van der Waals surface area contributed by atoms with Gasteiger partial charge in [-0.05, 0) is 53.4 Å². The molecule has 1 aromatic heterocycles. The number of H-pyrrole nitrogens is 1. The molecule has 0 saturated heterocycles. The van der Waals surface area contributed by atoms with Gasteiger partial charge < -0.3 is 9.72 Å². The molecule has 3 aromatic rings. The molecule has 6 heteroatoms. The monoisotopic (exact) mass is 328 g/mol.